The largest absolute Gasteiger partial charge is 0.338 e. The molecule has 0 spiro atoms. The van der Waals surface area contributed by atoms with Gasteiger partial charge in [0.05, 0.1) is 16.1 Å². The van der Waals surface area contributed by atoms with Gasteiger partial charge in [-0.05, 0) is 19.1 Å². The lowest BCUT2D eigenvalue weighted by Gasteiger charge is -2.36. The zero-order valence-corrected chi connectivity index (χ0v) is 17.7. The highest BCUT2D eigenvalue weighted by Crippen LogP contribution is 2.32. The quantitative estimate of drug-likeness (QED) is 0.718. The number of aromatic nitrogens is 2. The predicted molar refractivity (Wildman–Crippen MR) is 104 cm³/mol. The molecule has 10 heteroatoms. The molecule has 3 rings (SSSR count). The molecule has 0 radical (unpaired) electrons. The van der Waals surface area contributed by atoms with Crippen molar-refractivity contribution in [1.82, 2.24) is 19.3 Å². The van der Waals surface area contributed by atoms with Crippen LogP contribution in [0.5, 0.6) is 0 Å². The number of hydrogen-bond acceptors (Lipinski definition) is 6. The van der Waals surface area contributed by atoms with E-state index in [9.17, 15) is 8.42 Å². The van der Waals surface area contributed by atoms with Crippen molar-refractivity contribution >= 4 is 33.2 Å². The van der Waals surface area contributed by atoms with E-state index >= 15 is 0 Å². The van der Waals surface area contributed by atoms with Crippen molar-refractivity contribution in [2.75, 3.05) is 26.2 Å². The lowest BCUT2D eigenvalue weighted by molar-refractivity contribution is 0.124. The number of benzene rings is 1. The summed E-state index contributed by atoms with van der Waals surface area (Å²) in [5.41, 5.74) is 0. The molecule has 148 valence electrons. The van der Waals surface area contributed by atoms with Crippen LogP contribution >= 0.6 is 23.2 Å². The zero-order chi connectivity index (χ0) is 19.8. The molecular weight excluding hydrogens is 411 g/mol. The highest BCUT2D eigenvalue weighted by molar-refractivity contribution is 7.89. The highest BCUT2D eigenvalue weighted by Gasteiger charge is 2.33. The van der Waals surface area contributed by atoms with E-state index in [4.69, 9.17) is 27.7 Å². The van der Waals surface area contributed by atoms with Gasteiger partial charge in [-0.1, -0.05) is 48.3 Å². The molecular formula is C17H22Cl2N4O3S. The van der Waals surface area contributed by atoms with E-state index in [1.54, 1.807) is 12.1 Å². The van der Waals surface area contributed by atoms with Crippen LogP contribution in [0.2, 0.25) is 10.0 Å². The summed E-state index contributed by atoms with van der Waals surface area (Å²) in [7, 11) is -3.70. The molecule has 1 aromatic carbocycles. The van der Waals surface area contributed by atoms with Gasteiger partial charge in [-0.3, -0.25) is 4.90 Å². The first kappa shape index (κ1) is 20.5. The Hall–Kier alpha value is -1.19. The van der Waals surface area contributed by atoms with Crippen LogP contribution in [-0.2, 0) is 10.0 Å². The number of rotatable bonds is 5. The van der Waals surface area contributed by atoms with Crippen molar-refractivity contribution in [2.45, 2.75) is 37.6 Å². The summed E-state index contributed by atoms with van der Waals surface area (Å²) in [6.07, 6.45) is 0. The van der Waals surface area contributed by atoms with Crippen LogP contribution in [0, 0.1) is 0 Å². The van der Waals surface area contributed by atoms with Crippen molar-refractivity contribution in [3.05, 3.63) is 40.0 Å². The molecule has 1 fully saturated rings. The summed E-state index contributed by atoms with van der Waals surface area (Å²) < 4.78 is 32.6. The molecule has 1 aliphatic heterocycles. The Bertz CT molecular complexity index is 909. The zero-order valence-electron chi connectivity index (χ0n) is 15.4. The fourth-order valence-corrected chi connectivity index (χ4v) is 5.12. The van der Waals surface area contributed by atoms with E-state index in [0.29, 0.717) is 37.9 Å². The average molecular weight is 433 g/mol. The van der Waals surface area contributed by atoms with Crippen molar-refractivity contribution in [1.29, 1.82) is 0 Å². The van der Waals surface area contributed by atoms with Gasteiger partial charge in [0, 0.05) is 32.1 Å². The van der Waals surface area contributed by atoms with Gasteiger partial charge in [0.25, 0.3) is 0 Å². The van der Waals surface area contributed by atoms with Crippen molar-refractivity contribution < 1.29 is 12.9 Å². The van der Waals surface area contributed by atoms with Gasteiger partial charge in [-0.15, -0.1) is 0 Å². The minimum atomic E-state index is -3.70. The maximum Gasteiger partial charge on any atom is 0.244 e. The molecule has 2 aromatic rings. The van der Waals surface area contributed by atoms with Crippen molar-refractivity contribution in [3.8, 4) is 0 Å². The smallest absolute Gasteiger partial charge is 0.244 e. The minimum absolute atomic E-state index is 0.0386. The summed E-state index contributed by atoms with van der Waals surface area (Å²) in [6.45, 7) is 7.79. The lowest BCUT2D eigenvalue weighted by Crippen LogP contribution is -2.49. The number of nitrogens with zero attached hydrogens (tertiary/aromatic N) is 4. The normalized spacial score (nSPS) is 18.1. The van der Waals surface area contributed by atoms with Crippen LogP contribution in [0.4, 0.5) is 0 Å². The van der Waals surface area contributed by atoms with Crippen LogP contribution < -0.4 is 0 Å². The van der Waals surface area contributed by atoms with Gasteiger partial charge >= 0.3 is 0 Å². The lowest BCUT2D eigenvalue weighted by atomic mass is 10.2. The van der Waals surface area contributed by atoms with Crippen LogP contribution in [0.1, 0.15) is 44.4 Å². The topological polar surface area (TPSA) is 79.5 Å². The summed E-state index contributed by atoms with van der Waals surface area (Å²) in [4.78, 5) is 6.60. The molecule has 1 unspecified atom stereocenters. The van der Waals surface area contributed by atoms with Crippen LogP contribution in [0.25, 0.3) is 0 Å². The van der Waals surface area contributed by atoms with Gasteiger partial charge in [0.1, 0.15) is 4.90 Å². The second-order valence-corrected chi connectivity index (χ2v) is 9.51. The number of halogens is 2. The molecule has 1 saturated heterocycles. The molecule has 0 N–H and O–H groups in total. The molecule has 0 amide bonds. The average Bonchev–Trinajstić information content (AvgIpc) is 3.14. The predicted octanol–water partition coefficient (Wildman–Crippen LogP) is 3.57. The van der Waals surface area contributed by atoms with E-state index in [0.717, 1.165) is 0 Å². The van der Waals surface area contributed by atoms with Crippen LogP contribution in [0.15, 0.2) is 27.6 Å². The molecule has 7 nitrogen and oxygen atoms in total. The first-order chi connectivity index (χ1) is 12.7. The fraction of sp³-hybridized carbons (Fsp3) is 0.529. The molecule has 2 heterocycles. The van der Waals surface area contributed by atoms with Gasteiger partial charge in [-0.2, -0.15) is 9.29 Å². The number of sulfonamides is 1. The van der Waals surface area contributed by atoms with Gasteiger partial charge in [0.15, 0.2) is 5.82 Å². The molecule has 1 aliphatic rings. The Morgan fingerprint density at radius 1 is 1.11 bits per heavy atom. The molecule has 27 heavy (non-hydrogen) atoms. The van der Waals surface area contributed by atoms with Gasteiger partial charge in [0.2, 0.25) is 15.9 Å². The van der Waals surface area contributed by atoms with E-state index in [1.807, 2.05) is 20.8 Å². The van der Waals surface area contributed by atoms with E-state index in [2.05, 4.69) is 15.0 Å². The second kappa shape index (κ2) is 8.05. The molecule has 0 aliphatic carbocycles. The first-order valence-electron chi connectivity index (χ1n) is 8.73. The molecule has 1 aromatic heterocycles. The van der Waals surface area contributed by atoms with Gasteiger partial charge < -0.3 is 4.52 Å². The number of hydrogen-bond donors (Lipinski definition) is 0. The molecule has 0 saturated carbocycles. The second-order valence-electron chi connectivity index (χ2n) is 6.81. The van der Waals surface area contributed by atoms with E-state index in [-0.39, 0.29) is 26.9 Å². The van der Waals surface area contributed by atoms with E-state index in [1.165, 1.54) is 10.4 Å². The third-order valence-corrected chi connectivity index (χ3v) is 7.56. The molecule has 0 bridgehead atoms. The maximum absolute atomic E-state index is 12.9. The van der Waals surface area contributed by atoms with Crippen LogP contribution in [-0.4, -0.2) is 53.9 Å². The summed E-state index contributed by atoms with van der Waals surface area (Å²) in [5, 5.41) is 4.28. The summed E-state index contributed by atoms with van der Waals surface area (Å²) in [5.74, 6) is 1.42. The van der Waals surface area contributed by atoms with Crippen molar-refractivity contribution in [3.63, 3.8) is 0 Å². The molecule has 1 atom stereocenters. The monoisotopic (exact) mass is 432 g/mol. The number of piperazine rings is 1. The highest BCUT2D eigenvalue weighted by atomic mass is 35.5. The van der Waals surface area contributed by atoms with E-state index < -0.39 is 10.0 Å². The Kier molecular flexibility index (Phi) is 6.12. The fourth-order valence-electron chi connectivity index (χ4n) is 2.96. The van der Waals surface area contributed by atoms with Crippen LogP contribution in [0.3, 0.4) is 0 Å². The Labute approximate surface area is 169 Å². The van der Waals surface area contributed by atoms with Crippen molar-refractivity contribution in [2.24, 2.45) is 0 Å². The summed E-state index contributed by atoms with van der Waals surface area (Å²) in [6, 6.07) is 4.55. The Morgan fingerprint density at radius 3 is 2.37 bits per heavy atom. The SMILES string of the molecule is CC(C)c1noc(C(C)N2CCN(S(=O)(=O)c3cccc(Cl)c3Cl)CC2)n1. The maximum atomic E-state index is 12.9. The first-order valence-corrected chi connectivity index (χ1v) is 10.9. The minimum Gasteiger partial charge on any atom is -0.338 e. The Balaban J connectivity index is 1.70. The summed E-state index contributed by atoms with van der Waals surface area (Å²) >= 11 is 12.1. The third-order valence-electron chi connectivity index (χ3n) is 4.69. The standard InChI is InChI=1S/C17H22Cl2N4O3S/c1-11(2)16-20-17(26-21-16)12(3)22-7-9-23(10-8-22)27(24,25)14-6-4-5-13(18)15(14)19/h4-6,11-12H,7-10H2,1-3H3. The van der Waals surface area contributed by atoms with Gasteiger partial charge in [-0.25, -0.2) is 8.42 Å². The Morgan fingerprint density at radius 2 is 1.78 bits per heavy atom. The third kappa shape index (κ3) is 4.14.